The fourth-order valence-electron chi connectivity index (χ4n) is 3.64. The van der Waals surface area contributed by atoms with Crippen LogP contribution >= 0.6 is 0 Å². The van der Waals surface area contributed by atoms with E-state index < -0.39 is 12.1 Å². The fourth-order valence-corrected chi connectivity index (χ4v) is 3.64. The lowest BCUT2D eigenvalue weighted by Crippen LogP contribution is -2.42. The smallest absolute Gasteiger partial charge is 0.304 e. The zero-order valence-corrected chi connectivity index (χ0v) is 17.4. The number of carbonyl (C=O) groups is 2. The monoisotopic (exact) mass is 414 g/mol. The maximum Gasteiger partial charge on any atom is 0.304 e. The number of aryl methyl sites for hydroxylation is 1. The lowest BCUT2D eigenvalue weighted by molar-refractivity contribution is -0.596. The second-order valence-electron chi connectivity index (χ2n) is 7.46. The van der Waals surface area contributed by atoms with Crippen LogP contribution < -0.4 is 15.5 Å². The summed E-state index contributed by atoms with van der Waals surface area (Å²) in [4.78, 5) is 25.7. The number of hydrogen-bond acceptors (Lipinski definition) is 3. The molecule has 156 valence electrons. The summed E-state index contributed by atoms with van der Waals surface area (Å²) in [6.07, 6.45) is 1.84. The van der Waals surface area contributed by atoms with Gasteiger partial charge in [-0.1, -0.05) is 54.1 Å². The van der Waals surface area contributed by atoms with Crippen molar-refractivity contribution in [1.29, 1.82) is 0 Å². The summed E-state index contributed by atoms with van der Waals surface area (Å²) in [5.41, 5.74) is 6.25. The predicted molar refractivity (Wildman–Crippen MR) is 118 cm³/mol. The van der Waals surface area contributed by atoms with Gasteiger partial charge in [0.15, 0.2) is 6.04 Å². The standard InChI is InChI=1S/C25H23N3O3/c1-17-11-13-20(14-12-17)24(29)26-22-23(19-8-4-3-5-9-19)28(27-25(22)30)16-18-7-6-10-21(15-18)31-2/h3-16,22-23H,1-2H3,(H-,26,27,29,30)/p+1/b28-16-/t22-,23+/m0/s1. The van der Waals surface area contributed by atoms with E-state index in [1.54, 1.807) is 23.9 Å². The fraction of sp³-hybridized carbons (Fsp3) is 0.160. The van der Waals surface area contributed by atoms with E-state index in [1.807, 2.05) is 79.9 Å². The van der Waals surface area contributed by atoms with Crippen molar-refractivity contribution in [2.24, 2.45) is 0 Å². The van der Waals surface area contributed by atoms with Crippen LogP contribution in [0.5, 0.6) is 5.75 Å². The van der Waals surface area contributed by atoms with Gasteiger partial charge in [0.2, 0.25) is 12.3 Å². The van der Waals surface area contributed by atoms with Crippen LogP contribution in [0.1, 0.15) is 33.1 Å². The van der Waals surface area contributed by atoms with Crippen molar-refractivity contribution in [2.45, 2.75) is 19.0 Å². The maximum atomic E-state index is 12.9. The molecule has 6 nitrogen and oxygen atoms in total. The van der Waals surface area contributed by atoms with Crippen LogP contribution in [0, 0.1) is 6.92 Å². The highest BCUT2D eigenvalue weighted by atomic mass is 16.5. The van der Waals surface area contributed by atoms with Gasteiger partial charge in [0, 0.05) is 16.7 Å². The molecule has 31 heavy (non-hydrogen) atoms. The minimum atomic E-state index is -0.752. The molecular weight excluding hydrogens is 390 g/mol. The number of nitrogens with zero attached hydrogens (tertiary/aromatic N) is 1. The predicted octanol–water partition coefficient (Wildman–Crippen LogP) is 3.02. The lowest BCUT2D eigenvalue weighted by Gasteiger charge is -2.14. The van der Waals surface area contributed by atoms with E-state index in [0.717, 1.165) is 22.4 Å². The highest BCUT2D eigenvalue weighted by molar-refractivity contribution is 5.98. The van der Waals surface area contributed by atoms with Crippen molar-refractivity contribution < 1.29 is 19.0 Å². The molecule has 3 aromatic carbocycles. The quantitative estimate of drug-likeness (QED) is 0.631. The van der Waals surface area contributed by atoms with Crippen LogP contribution in [0.15, 0.2) is 78.9 Å². The molecule has 6 heteroatoms. The van der Waals surface area contributed by atoms with Gasteiger partial charge < -0.3 is 10.1 Å². The van der Waals surface area contributed by atoms with Crippen LogP contribution in [0.25, 0.3) is 0 Å². The van der Waals surface area contributed by atoms with Crippen molar-refractivity contribution in [3.05, 3.63) is 101 Å². The van der Waals surface area contributed by atoms with Gasteiger partial charge in [0.25, 0.3) is 5.91 Å². The minimum Gasteiger partial charge on any atom is -0.497 e. The number of methoxy groups -OCH3 is 1. The molecule has 0 radical (unpaired) electrons. The van der Waals surface area contributed by atoms with Gasteiger partial charge in [-0.05, 0) is 37.3 Å². The molecule has 0 aliphatic carbocycles. The van der Waals surface area contributed by atoms with Crippen molar-refractivity contribution in [3.63, 3.8) is 0 Å². The molecule has 1 heterocycles. The van der Waals surface area contributed by atoms with Gasteiger partial charge in [0.05, 0.1) is 7.11 Å². The Balaban J connectivity index is 1.68. The molecule has 0 bridgehead atoms. The Bertz CT molecular complexity index is 1120. The van der Waals surface area contributed by atoms with Gasteiger partial charge in [-0.2, -0.15) is 0 Å². The molecule has 3 aromatic rings. The first-order valence-corrected chi connectivity index (χ1v) is 10.1. The Hall–Kier alpha value is -3.93. The Morgan fingerprint density at radius 3 is 2.48 bits per heavy atom. The third kappa shape index (κ3) is 4.48. The van der Waals surface area contributed by atoms with Crippen molar-refractivity contribution in [3.8, 4) is 5.75 Å². The number of hydrazone groups is 1. The van der Waals surface area contributed by atoms with Crippen molar-refractivity contribution >= 4 is 18.0 Å². The molecule has 1 saturated heterocycles. The van der Waals surface area contributed by atoms with Crippen LogP contribution in [-0.4, -0.2) is 35.9 Å². The first-order valence-electron chi connectivity index (χ1n) is 10.1. The minimum absolute atomic E-state index is 0.270. The zero-order chi connectivity index (χ0) is 21.8. The Labute approximate surface area is 181 Å². The van der Waals surface area contributed by atoms with Crippen LogP contribution in [0.4, 0.5) is 0 Å². The Morgan fingerprint density at radius 1 is 1.03 bits per heavy atom. The van der Waals surface area contributed by atoms with Gasteiger partial charge in [-0.3, -0.25) is 9.59 Å². The number of hydrazine groups is 1. The number of carbonyl (C=O) groups excluding carboxylic acids is 2. The van der Waals surface area contributed by atoms with E-state index >= 15 is 0 Å². The molecule has 2 N–H and O–H groups in total. The first kappa shape index (κ1) is 20.3. The van der Waals surface area contributed by atoms with E-state index in [9.17, 15) is 9.59 Å². The molecule has 1 aliphatic rings. The third-order valence-corrected chi connectivity index (χ3v) is 5.26. The summed E-state index contributed by atoms with van der Waals surface area (Å²) in [6.45, 7) is 1.96. The molecular formula is C25H24N3O3+. The van der Waals surface area contributed by atoms with E-state index in [4.69, 9.17) is 4.74 Å². The summed E-state index contributed by atoms with van der Waals surface area (Å²) >= 11 is 0. The van der Waals surface area contributed by atoms with E-state index in [0.29, 0.717) is 5.56 Å². The summed E-state index contributed by atoms with van der Waals surface area (Å²) in [5, 5.41) is 2.91. The van der Waals surface area contributed by atoms with Crippen LogP contribution in [-0.2, 0) is 4.79 Å². The number of benzene rings is 3. The van der Waals surface area contributed by atoms with Crippen molar-refractivity contribution in [2.75, 3.05) is 7.11 Å². The van der Waals surface area contributed by atoms with Crippen LogP contribution in [0.2, 0.25) is 0 Å². The maximum absolute atomic E-state index is 12.9. The van der Waals surface area contributed by atoms with E-state index in [-0.39, 0.29) is 11.8 Å². The highest BCUT2D eigenvalue weighted by Gasteiger charge is 2.47. The molecule has 0 saturated carbocycles. The average molecular weight is 414 g/mol. The van der Waals surface area contributed by atoms with Gasteiger partial charge in [-0.15, -0.1) is 10.1 Å². The summed E-state index contributed by atoms with van der Waals surface area (Å²) < 4.78 is 7.04. The molecule has 1 fully saturated rings. The summed E-state index contributed by atoms with van der Waals surface area (Å²) in [5.74, 6) is 0.164. The number of rotatable bonds is 5. The van der Waals surface area contributed by atoms with E-state index in [2.05, 4.69) is 10.7 Å². The number of hydrogen-bond donors (Lipinski definition) is 2. The number of ether oxygens (including phenoxy) is 1. The van der Waals surface area contributed by atoms with Crippen LogP contribution in [0.3, 0.4) is 0 Å². The molecule has 0 unspecified atom stereocenters. The van der Waals surface area contributed by atoms with E-state index in [1.165, 1.54) is 0 Å². The topological polar surface area (TPSA) is 70.4 Å². The first-order chi connectivity index (χ1) is 15.0. The number of amides is 2. The SMILES string of the molecule is COc1cccc(/C=[N+]2\NC(=O)[C@@H](NC(=O)c3ccc(C)cc3)[C@H]2c2ccccc2)c1. The third-order valence-electron chi connectivity index (χ3n) is 5.26. The normalized spacial score (nSPS) is 19.2. The van der Waals surface area contributed by atoms with Gasteiger partial charge in [0.1, 0.15) is 5.75 Å². The van der Waals surface area contributed by atoms with Crippen molar-refractivity contribution in [1.82, 2.24) is 10.7 Å². The molecule has 0 spiro atoms. The zero-order valence-electron chi connectivity index (χ0n) is 17.4. The Morgan fingerprint density at radius 2 is 1.77 bits per heavy atom. The van der Waals surface area contributed by atoms with Gasteiger partial charge in [-0.25, -0.2) is 0 Å². The molecule has 1 aliphatic heterocycles. The average Bonchev–Trinajstić information content (AvgIpc) is 3.09. The summed E-state index contributed by atoms with van der Waals surface area (Å²) in [6, 6.07) is 23.3. The number of nitrogens with one attached hydrogen (secondary N) is 2. The second kappa shape index (κ2) is 8.83. The van der Waals surface area contributed by atoms with Gasteiger partial charge >= 0.3 is 5.91 Å². The molecule has 2 amide bonds. The summed E-state index contributed by atoms with van der Waals surface area (Å²) in [7, 11) is 1.61. The largest absolute Gasteiger partial charge is 0.497 e. The molecule has 0 aromatic heterocycles. The Kier molecular flexibility index (Phi) is 5.80. The highest BCUT2D eigenvalue weighted by Crippen LogP contribution is 2.25. The lowest BCUT2D eigenvalue weighted by atomic mass is 9.99. The molecule has 4 rings (SSSR count). The molecule has 2 atom stereocenters. The second-order valence-corrected chi connectivity index (χ2v) is 7.46.